The van der Waals surface area contributed by atoms with E-state index in [0.29, 0.717) is 16.7 Å². The van der Waals surface area contributed by atoms with Crippen molar-refractivity contribution >= 4 is 22.5 Å². The van der Waals surface area contributed by atoms with Gasteiger partial charge in [0.05, 0.1) is 24.2 Å². The molecule has 2 aromatic heterocycles. The van der Waals surface area contributed by atoms with Gasteiger partial charge in [0.1, 0.15) is 11.9 Å². The number of benzene rings is 1. The highest BCUT2D eigenvalue weighted by molar-refractivity contribution is 5.90. The molecular weight excluding hydrogens is 314 g/mol. The number of carbonyl (C=O) groups is 1. The van der Waals surface area contributed by atoms with Crippen molar-refractivity contribution in [1.82, 2.24) is 10.3 Å². The van der Waals surface area contributed by atoms with Gasteiger partial charge in [-0.3, -0.25) is 14.9 Å². The van der Waals surface area contributed by atoms with Gasteiger partial charge >= 0.3 is 0 Å². The number of rotatable bonds is 6. The van der Waals surface area contributed by atoms with Crippen molar-refractivity contribution in [2.24, 2.45) is 0 Å². The number of aliphatic hydroxyl groups is 1. The summed E-state index contributed by atoms with van der Waals surface area (Å²) in [5.41, 5.74) is 1.34. The monoisotopic (exact) mass is 329 g/mol. The van der Waals surface area contributed by atoms with E-state index in [-0.39, 0.29) is 24.6 Å². The van der Waals surface area contributed by atoms with Gasteiger partial charge in [0.25, 0.3) is 5.69 Å². The third-order valence-corrected chi connectivity index (χ3v) is 3.68. The highest BCUT2D eigenvalue weighted by Gasteiger charge is 2.15. The fourth-order valence-electron chi connectivity index (χ4n) is 2.45. The average Bonchev–Trinajstić information content (AvgIpc) is 3.22. The van der Waals surface area contributed by atoms with Crippen LogP contribution >= 0.6 is 0 Å². The molecular formula is C16H15N3O5. The van der Waals surface area contributed by atoms with Gasteiger partial charge in [-0.25, -0.2) is 0 Å². The van der Waals surface area contributed by atoms with Crippen LogP contribution < -0.4 is 5.32 Å². The van der Waals surface area contributed by atoms with Crippen LogP contribution in [0.3, 0.4) is 0 Å². The van der Waals surface area contributed by atoms with Crippen LogP contribution in [0.1, 0.15) is 17.4 Å². The summed E-state index contributed by atoms with van der Waals surface area (Å²) in [4.78, 5) is 25.4. The Kier molecular flexibility index (Phi) is 4.30. The lowest BCUT2D eigenvalue weighted by Crippen LogP contribution is -2.29. The van der Waals surface area contributed by atoms with E-state index in [4.69, 9.17) is 4.42 Å². The smallest absolute Gasteiger partial charge is 0.270 e. The number of non-ortho nitro benzene ring substituents is 1. The largest absolute Gasteiger partial charge is 0.467 e. The van der Waals surface area contributed by atoms with Gasteiger partial charge in [-0.2, -0.15) is 0 Å². The number of aromatic amines is 1. The fourth-order valence-corrected chi connectivity index (χ4v) is 2.45. The third kappa shape index (κ3) is 3.28. The van der Waals surface area contributed by atoms with Crippen LogP contribution in [0.2, 0.25) is 0 Å². The molecule has 24 heavy (non-hydrogen) atoms. The number of nitrogens with zero attached hydrogens (tertiary/aromatic N) is 1. The van der Waals surface area contributed by atoms with E-state index in [1.165, 1.54) is 18.4 Å². The van der Waals surface area contributed by atoms with Gasteiger partial charge in [0.2, 0.25) is 5.91 Å². The second kappa shape index (κ2) is 6.55. The standard InChI is InChI=1S/C16H15N3O5/c20-14(15-2-1-5-24-15)9-18-16(21)6-10-8-17-13-4-3-11(19(22)23)7-12(10)13/h1-5,7-8,14,17,20H,6,9H2,(H,18,21). The molecule has 2 heterocycles. The van der Waals surface area contributed by atoms with Crippen molar-refractivity contribution in [2.45, 2.75) is 12.5 Å². The molecule has 1 amide bonds. The first-order valence-electron chi connectivity index (χ1n) is 7.27. The Morgan fingerprint density at radius 2 is 2.25 bits per heavy atom. The lowest BCUT2D eigenvalue weighted by molar-refractivity contribution is -0.384. The molecule has 8 heteroatoms. The SMILES string of the molecule is O=C(Cc1c[nH]c2ccc([N+](=O)[O-])cc12)NCC(O)c1ccco1. The first-order chi connectivity index (χ1) is 11.5. The summed E-state index contributed by atoms with van der Waals surface area (Å²) >= 11 is 0. The molecule has 3 N–H and O–H groups in total. The molecule has 0 spiro atoms. The van der Waals surface area contributed by atoms with Crippen LogP contribution in [0.15, 0.2) is 47.2 Å². The molecule has 124 valence electrons. The number of carbonyl (C=O) groups excluding carboxylic acids is 1. The van der Waals surface area contributed by atoms with Crippen molar-refractivity contribution < 1.29 is 19.2 Å². The number of amides is 1. The number of nitro groups is 1. The maximum absolute atomic E-state index is 12.0. The van der Waals surface area contributed by atoms with Crippen LogP contribution in [-0.4, -0.2) is 27.5 Å². The molecule has 0 aliphatic heterocycles. The zero-order chi connectivity index (χ0) is 17.1. The molecule has 0 aliphatic rings. The summed E-state index contributed by atoms with van der Waals surface area (Å²) in [6, 6.07) is 7.72. The minimum absolute atomic E-state index is 0.0227. The average molecular weight is 329 g/mol. The van der Waals surface area contributed by atoms with Crippen molar-refractivity contribution in [3.8, 4) is 0 Å². The molecule has 0 bridgehead atoms. The molecule has 0 radical (unpaired) electrons. The lowest BCUT2D eigenvalue weighted by atomic mass is 10.1. The first kappa shape index (κ1) is 15.8. The van der Waals surface area contributed by atoms with Gasteiger partial charge < -0.3 is 19.8 Å². The summed E-state index contributed by atoms with van der Waals surface area (Å²) < 4.78 is 5.06. The minimum Gasteiger partial charge on any atom is -0.467 e. The Labute approximate surface area is 136 Å². The van der Waals surface area contributed by atoms with E-state index in [1.54, 1.807) is 24.4 Å². The van der Waals surface area contributed by atoms with E-state index >= 15 is 0 Å². The van der Waals surface area contributed by atoms with E-state index in [1.807, 2.05) is 0 Å². The van der Waals surface area contributed by atoms with Crippen molar-refractivity contribution in [3.63, 3.8) is 0 Å². The van der Waals surface area contributed by atoms with Gasteiger partial charge in [0.15, 0.2) is 0 Å². The predicted octanol–water partition coefficient (Wildman–Crippen LogP) is 2.06. The maximum Gasteiger partial charge on any atom is 0.270 e. The number of nitro benzene ring substituents is 1. The Morgan fingerprint density at radius 3 is 2.96 bits per heavy atom. The second-order valence-electron chi connectivity index (χ2n) is 5.31. The maximum atomic E-state index is 12.0. The number of hydrogen-bond acceptors (Lipinski definition) is 5. The second-order valence-corrected chi connectivity index (χ2v) is 5.31. The van der Waals surface area contributed by atoms with Crippen LogP contribution in [0.5, 0.6) is 0 Å². The zero-order valence-corrected chi connectivity index (χ0v) is 12.6. The molecule has 0 saturated heterocycles. The summed E-state index contributed by atoms with van der Waals surface area (Å²) in [7, 11) is 0. The van der Waals surface area contributed by atoms with Crippen LogP contribution in [0, 0.1) is 10.1 Å². The summed E-state index contributed by atoms with van der Waals surface area (Å²) in [5, 5.41) is 24.0. The fraction of sp³-hybridized carbons (Fsp3) is 0.188. The first-order valence-corrected chi connectivity index (χ1v) is 7.27. The number of aromatic nitrogens is 1. The molecule has 0 fully saturated rings. The zero-order valence-electron chi connectivity index (χ0n) is 12.6. The van der Waals surface area contributed by atoms with Gasteiger partial charge in [0, 0.05) is 29.2 Å². The van der Waals surface area contributed by atoms with Crippen molar-refractivity contribution in [1.29, 1.82) is 0 Å². The Balaban J connectivity index is 1.67. The summed E-state index contributed by atoms with van der Waals surface area (Å²) in [6.07, 6.45) is 2.22. The van der Waals surface area contributed by atoms with Gasteiger partial charge in [-0.05, 0) is 23.8 Å². The van der Waals surface area contributed by atoms with Crippen LogP contribution in [-0.2, 0) is 11.2 Å². The molecule has 3 aromatic rings. The highest BCUT2D eigenvalue weighted by atomic mass is 16.6. The topological polar surface area (TPSA) is 121 Å². The molecule has 0 saturated carbocycles. The summed E-state index contributed by atoms with van der Waals surface area (Å²) in [6.45, 7) is 0.0227. The minimum atomic E-state index is -0.923. The Bertz CT molecular complexity index is 869. The highest BCUT2D eigenvalue weighted by Crippen LogP contribution is 2.24. The molecule has 3 rings (SSSR count). The van der Waals surface area contributed by atoms with Gasteiger partial charge in [-0.1, -0.05) is 0 Å². The molecule has 1 unspecified atom stereocenters. The van der Waals surface area contributed by atoms with Gasteiger partial charge in [-0.15, -0.1) is 0 Å². The van der Waals surface area contributed by atoms with Crippen LogP contribution in [0.25, 0.3) is 10.9 Å². The quantitative estimate of drug-likeness (QED) is 0.472. The van der Waals surface area contributed by atoms with E-state index in [2.05, 4.69) is 10.3 Å². The van der Waals surface area contributed by atoms with E-state index in [9.17, 15) is 20.0 Å². The molecule has 0 aliphatic carbocycles. The Morgan fingerprint density at radius 1 is 1.42 bits per heavy atom. The number of nitrogens with one attached hydrogen (secondary N) is 2. The molecule has 1 aromatic carbocycles. The molecule has 8 nitrogen and oxygen atoms in total. The summed E-state index contributed by atoms with van der Waals surface area (Å²) in [5.74, 6) is 0.0750. The number of H-pyrrole nitrogens is 1. The predicted molar refractivity (Wildman–Crippen MR) is 85.3 cm³/mol. The van der Waals surface area contributed by atoms with E-state index in [0.717, 1.165) is 5.52 Å². The Hall–Kier alpha value is -3.13. The number of aliphatic hydroxyl groups excluding tert-OH is 1. The molecule has 1 atom stereocenters. The normalized spacial score (nSPS) is 12.2. The number of fused-ring (bicyclic) bond motifs is 1. The van der Waals surface area contributed by atoms with Crippen molar-refractivity contribution in [2.75, 3.05) is 6.54 Å². The number of hydrogen-bond donors (Lipinski definition) is 3. The van der Waals surface area contributed by atoms with E-state index < -0.39 is 11.0 Å². The van der Waals surface area contributed by atoms with Crippen LogP contribution in [0.4, 0.5) is 5.69 Å². The third-order valence-electron chi connectivity index (χ3n) is 3.68. The lowest BCUT2D eigenvalue weighted by Gasteiger charge is -2.09. The van der Waals surface area contributed by atoms with Crippen molar-refractivity contribution in [3.05, 3.63) is 64.2 Å². The number of furan rings is 1.